The van der Waals surface area contributed by atoms with Crippen LogP contribution in [0.25, 0.3) is 0 Å². The van der Waals surface area contributed by atoms with E-state index in [1.165, 1.54) is 0 Å². The molecular weight excluding hydrogens is 268 g/mol. The molecule has 0 atom stereocenters. The minimum atomic E-state index is -0.829. The molecule has 0 heterocycles. The third-order valence-electron chi connectivity index (χ3n) is 3.65. The summed E-state index contributed by atoms with van der Waals surface area (Å²) in [7, 11) is 0. The van der Waals surface area contributed by atoms with Crippen LogP contribution in [0.2, 0.25) is 0 Å². The fourth-order valence-electron chi connectivity index (χ4n) is 2.42. The average Bonchev–Trinajstić information content (AvgIpc) is 3.29. The summed E-state index contributed by atoms with van der Waals surface area (Å²) in [5.41, 5.74) is 0.826. The van der Waals surface area contributed by atoms with Crippen molar-refractivity contribution in [1.82, 2.24) is 4.90 Å². The Bertz CT molecular complexity index is 486. The Hall–Kier alpha value is -2.04. The molecular formula is C16H22N2O3. The molecule has 1 aliphatic carbocycles. The third-order valence-corrected chi connectivity index (χ3v) is 3.65. The normalized spacial score (nSPS) is 13.8. The Morgan fingerprint density at radius 2 is 1.90 bits per heavy atom. The molecule has 5 nitrogen and oxygen atoms in total. The van der Waals surface area contributed by atoms with Crippen molar-refractivity contribution in [2.24, 2.45) is 0 Å². The molecule has 1 aromatic carbocycles. The van der Waals surface area contributed by atoms with Crippen molar-refractivity contribution in [3.63, 3.8) is 0 Å². The molecule has 21 heavy (non-hydrogen) atoms. The van der Waals surface area contributed by atoms with Gasteiger partial charge in [0, 0.05) is 31.2 Å². The minimum absolute atomic E-state index is 0.0170. The van der Waals surface area contributed by atoms with Crippen molar-refractivity contribution in [3.8, 4) is 0 Å². The number of benzene rings is 1. The standard InChI is InChI=1S/C16H22N2O3/c1-2-17(14-10-11-14)16(21)18(12-6-9-15(19)20)13-7-4-3-5-8-13/h3-5,7-8,14H,2,6,9-12H2,1H3,(H,19,20). The summed E-state index contributed by atoms with van der Waals surface area (Å²) in [4.78, 5) is 27.0. The molecule has 1 aliphatic rings. The quantitative estimate of drug-likeness (QED) is 0.839. The van der Waals surface area contributed by atoms with E-state index in [2.05, 4.69) is 0 Å². The van der Waals surface area contributed by atoms with E-state index in [1.54, 1.807) is 4.90 Å². The number of carboxylic acid groups (broad SMARTS) is 1. The zero-order chi connectivity index (χ0) is 15.2. The molecule has 0 radical (unpaired) electrons. The second kappa shape index (κ2) is 7.11. The van der Waals surface area contributed by atoms with Gasteiger partial charge in [-0.25, -0.2) is 4.79 Å². The smallest absolute Gasteiger partial charge is 0.324 e. The van der Waals surface area contributed by atoms with Crippen LogP contribution in [0.3, 0.4) is 0 Å². The zero-order valence-corrected chi connectivity index (χ0v) is 12.4. The molecule has 0 spiro atoms. The first kappa shape index (κ1) is 15.4. The Labute approximate surface area is 125 Å². The summed E-state index contributed by atoms with van der Waals surface area (Å²) < 4.78 is 0. The Kier molecular flexibility index (Phi) is 5.20. The van der Waals surface area contributed by atoms with Gasteiger partial charge >= 0.3 is 12.0 Å². The van der Waals surface area contributed by atoms with Crippen molar-refractivity contribution in [3.05, 3.63) is 30.3 Å². The van der Waals surface area contributed by atoms with E-state index in [9.17, 15) is 9.59 Å². The van der Waals surface area contributed by atoms with Crippen LogP contribution < -0.4 is 4.90 Å². The number of carbonyl (C=O) groups excluding carboxylic acids is 1. The van der Waals surface area contributed by atoms with E-state index in [-0.39, 0.29) is 12.5 Å². The van der Waals surface area contributed by atoms with Gasteiger partial charge in [0.15, 0.2) is 0 Å². The molecule has 2 amide bonds. The number of nitrogens with zero attached hydrogens (tertiary/aromatic N) is 2. The Balaban J connectivity index is 2.10. The van der Waals surface area contributed by atoms with Crippen LogP contribution in [0.5, 0.6) is 0 Å². The van der Waals surface area contributed by atoms with Crippen LogP contribution in [-0.4, -0.2) is 41.1 Å². The predicted molar refractivity (Wildman–Crippen MR) is 81.5 cm³/mol. The summed E-state index contributed by atoms with van der Waals surface area (Å²) in [5.74, 6) is -0.829. The maximum Gasteiger partial charge on any atom is 0.324 e. The SMILES string of the molecule is CCN(C(=O)N(CCCC(=O)O)c1ccccc1)C1CC1. The fourth-order valence-corrected chi connectivity index (χ4v) is 2.42. The van der Waals surface area contributed by atoms with E-state index in [4.69, 9.17) is 5.11 Å². The first-order chi connectivity index (χ1) is 10.1. The second-order valence-corrected chi connectivity index (χ2v) is 5.28. The van der Waals surface area contributed by atoms with Crippen LogP contribution in [0, 0.1) is 0 Å². The molecule has 1 aromatic rings. The average molecular weight is 290 g/mol. The van der Waals surface area contributed by atoms with Crippen molar-refractivity contribution < 1.29 is 14.7 Å². The van der Waals surface area contributed by atoms with Crippen molar-refractivity contribution in [2.45, 2.75) is 38.6 Å². The molecule has 0 saturated heterocycles. The summed E-state index contributed by atoms with van der Waals surface area (Å²) in [6.07, 6.45) is 2.67. The Morgan fingerprint density at radius 1 is 1.24 bits per heavy atom. The van der Waals surface area contributed by atoms with Gasteiger partial charge in [-0.3, -0.25) is 9.69 Å². The maximum atomic E-state index is 12.7. The van der Waals surface area contributed by atoms with Crippen LogP contribution in [0.15, 0.2) is 30.3 Å². The monoisotopic (exact) mass is 290 g/mol. The first-order valence-electron chi connectivity index (χ1n) is 7.48. The van der Waals surface area contributed by atoms with Crippen molar-refractivity contribution >= 4 is 17.7 Å². The number of para-hydroxylation sites is 1. The van der Waals surface area contributed by atoms with E-state index < -0.39 is 5.97 Å². The number of aliphatic carboxylic acids is 1. The molecule has 1 N–H and O–H groups in total. The highest BCUT2D eigenvalue weighted by atomic mass is 16.4. The van der Waals surface area contributed by atoms with Gasteiger partial charge < -0.3 is 10.0 Å². The van der Waals surface area contributed by atoms with Crippen LogP contribution in [-0.2, 0) is 4.79 Å². The number of amides is 2. The molecule has 0 aromatic heterocycles. The lowest BCUT2D eigenvalue weighted by molar-refractivity contribution is -0.137. The number of anilines is 1. The summed E-state index contributed by atoms with van der Waals surface area (Å²) >= 11 is 0. The molecule has 5 heteroatoms. The number of hydrogen-bond acceptors (Lipinski definition) is 2. The van der Waals surface area contributed by atoms with E-state index in [0.29, 0.717) is 25.6 Å². The van der Waals surface area contributed by atoms with Crippen LogP contribution >= 0.6 is 0 Å². The fraction of sp³-hybridized carbons (Fsp3) is 0.500. The van der Waals surface area contributed by atoms with Crippen molar-refractivity contribution in [1.29, 1.82) is 0 Å². The molecule has 1 fully saturated rings. The van der Waals surface area contributed by atoms with Crippen LogP contribution in [0.4, 0.5) is 10.5 Å². The first-order valence-corrected chi connectivity index (χ1v) is 7.48. The van der Waals surface area contributed by atoms with E-state index in [1.807, 2.05) is 42.2 Å². The van der Waals surface area contributed by atoms with Gasteiger partial charge in [-0.15, -0.1) is 0 Å². The molecule has 114 valence electrons. The van der Waals surface area contributed by atoms with Gasteiger partial charge in [0.05, 0.1) is 0 Å². The largest absolute Gasteiger partial charge is 0.481 e. The molecule has 0 bridgehead atoms. The Morgan fingerprint density at radius 3 is 2.43 bits per heavy atom. The number of hydrogen-bond donors (Lipinski definition) is 1. The molecule has 0 aliphatic heterocycles. The number of rotatable bonds is 7. The minimum Gasteiger partial charge on any atom is -0.481 e. The van der Waals surface area contributed by atoms with Gasteiger partial charge in [0.25, 0.3) is 0 Å². The highest BCUT2D eigenvalue weighted by Gasteiger charge is 2.34. The number of carbonyl (C=O) groups is 2. The topological polar surface area (TPSA) is 60.9 Å². The number of urea groups is 1. The summed E-state index contributed by atoms with van der Waals surface area (Å²) in [5, 5.41) is 8.78. The van der Waals surface area contributed by atoms with Crippen molar-refractivity contribution in [2.75, 3.05) is 18.0 Å². The highest BCUT2D eigenvalue weighted by Crippen LogP contribution is 2.28. The van der Waals surface area contributed by atoms with E-state index >= 15 is 0 Å². The summed E-state index contributed by atoms with van der Waals surface area (Å²) in [6, 6.07) is 9.80. The van der Waals surface area contributed by atoms with Gasteiger partial charge in [-0.05, 0) is 38.3 Å². The molecule has 0 unspecified atom stereocenters. The van der Waals surface area contributed by atoms with Gasteiger partial charge in [-0.1, -0.05) is 18.2 Å². The summed E-state index contributed by atoms with van der Waals surface area (Å²) in [6.45, 7) is 3.10. The highest BCUT2D eigenvalue weighted by molar-refractivity contribution is 5.92. The lowest BCUT2D eigenvalue weighted by Crippen LogP contribution is -2.45. The molecule has 2 rings (SSSR count). The second-order valence-electron chi connectivity index (χ2n) is 5.28. The third kappa shape index (κ3) is 4.21. The maximum absolute atomic E-state index is 12.7. The number of carboxylic acids is 1. The van der Waals surface area contributed by atoms with Gasteiger partial charge in [0.2, 0.25) is 0 Å². The predicted octanol–water partition coefficient (Wildman–Crippen LogP) is 2.96. The van der Waals surface area contributed by atoms with E-state index in [0.717, 1.165) is 18.5 Å². The van der Waals surface area contributed by atoms with Gasteiger partial charge in [0.1, 0.15) is 0 Å². The van der Waals surface area contributed by atoms with Gasteiger partial charge in [-0.2, -0.15) is 0 Å². The lowest BCUT2D eigenvalue weighted by atomic mass is 10.2. The lowest BCUT2D eigenvalue weighted by Gasteiger charge is -2.30. The zero-order valence-electron chi connectivity index (χ0n) is 12.4. The molecule has 1 saturated carbocycles. The van der Waals surface area contributed by atoms with Crippen LogP contribution in [0.1, 0.15) is 32.6 Å².